The monoisotopic (exact) mass is 419 g/mol. The second kappa shape index (κ2) is 9.80. The minimum absolute atomic E-state index is 0.0405. The SMILES string of the molecule is CC(C)[C@@H](NCCN1CCCC1)C(=O)N1CCC(c2ccc(Cl)cc2)C(C)(C)C1. The lowest BCUT2D eigenvalue weighted by Gasteiger charge is -2.46. The molecule has 0 aliphatic carbocycles. The standard InChI is InChI=1S/C24H38ClN3O/c1-18(2)22(26-12-16-27-13-5-6-14-27)23(29)28-15-11-21(24(3,4)17-28)19-7-9-20(25)10-8-19/h7-10,18,21-22,26H,5-6,11-17H2,1-4H3/t21?,22-/m1/s1. The van der Waals surface area contributed by atoms with Crippen LogP contribution < -0.4 is 5.32 Å². The molecule has 3 rings (SSSR count). The number of hydrogen-bond donors (Lipinski definition) is 1. The van der Waals surface area contributed by atoms with Crippen molar-refractivity contribution in [3.8, 4) is 0 Å². The minimum atomic E-state index is -0.0968. The van der Waals surface area contributed by atoms with Crippen LogP contribution in [0.3, 0.4) is 0 Å². The van der Waals surface area contributed by atoms with Crippen molar-refractivity contribution in [2.24, 2.45) is 11.3 Å². The number of piperidine rings is 1. The molecule has 4 nitrogen and oxygen atoms in total. The molecule has 2 atom stereocenters. The molecule has 0 radical (unpaired) electrons. The first-order valence-corrected chi connectivity index (χ1v) is 11.7. The van der Waals surface area contributed by atoms with Crippen molar-refractivity contribution >= 4 is 17.5 Å². The second-order valence-corrected chi connectivity index (χ2v) is 10.3. The van der Waals surface area contributed by atoms with Gasteiger partial charge in [-0.15, -0.1) is 0 Å². The van der Waals surface area contributed by atoms with E-state index in [0.29, 0.717) is 5.92 Å². The van der Waals surface area contributed by atoms with Gasteiger partial charge in [0.05, 0.1) is 6.04 Å². The van der Waals surface area contributed by atoms with Gasteiger partial charge in [0.1, 0.15) is 0 Å². The summed E-state index contributed by atoms with van der Waals surface area (Å²) < 4.78 is 0. The Bertz CT molecular complexity index is 667. The Balaban J connectivity index is 1.59. The summed E-state index contributed by atoms with van der Waals surface area (Å²) in [5.41, 5.74) is 1.37. The van der Waals surface area contributed by atoms with E-state index in [0.717, 1.165) is 37.6 Å². The van der Waals surface area contributed by atoms with Gasteiger partial charge in [0.2, 0.25) is 5.91 Å². The van der Waals surface area contributed by atoms with Crippen molar-refractivity contribution in [2.75, 3.05) is 39.3 Å². The van der Waals surface area contributed by atoms with Crippen molar-refractivity contribution in [2.45, 2.75) is 58.9 Å². The van der Waals surface area contributed by atoms with Gasteiger partial charge in [-0.3, -0.25) is 4.79 Å². The quantitative estimate of drug-likeness (QED) is 0.711. The molecule has 162 valence electrons. The van der Waals surface area contributed by atoms with Crippen LogP contribution in [-0.4, -0.2) is 61.0 Å². The van der Waals surface area contributed by atoms with Gasteiger partial charge in [-0.2, -0.15) is 0 Å². The number of likely N-dealkylation sites (tertiary alicyclic amines) is 2. The largest absolute Gasteiger partial charge is 0.341 e. The molecule has 2 heterocycles. The molecule has 1 aromatic rings. The maximum absolute atomic E-state index is 13.4. The van der Waals surface area contributed by atoms with Gasteiger partial charge in [-0.25, -0.2) is 0 Å². The molecule has 1 N–H and O–H groups in total. The van der Waals surface area contributed by atoms with Crippen molar-refractivity contribution < 1.29 is 4.79 Å². The summed E-state index contributed by atoms with van der Waals surface area (Å²) in [6.45, 7) is 14.8. The van der Waals surface area contributed by atoms with Crippen molar-refractivity contribution in [3.63, 3.8) is 0 Å². The first-order valence-electron chi connectivity index (χ1n) is 11.3. The zero-order chi connectivity index (χ0) is 21.0. The first kappa shape index (κ1) is 22.6. The summed E-state index contributed by atoms with van der Waals surface area (Å²) >= 11 is 6.07. The van der Waals surface area contributed by atoms with Gasteiger partial charge in [0.15, 0.2) is 0 Å². The molecule has 1 aromatic carbocycles. The smallest absolute Gasteiger partial charge is 0.239 e. The number of carbonyl (C=O) groups excluding carboxylic acids is 1. The molecule has 2 aliphatic rings. The molecule has 0 bridgehead atoms. The van der Waals surface area contributed by atoms with Crippen molar-refractivity contribution in [1.29, 1.82) is 0 Å². The van der Waals surface area contributed by atoms with Crippen molar-refractivity contribution in [3.05, 3.63) is 34.9 Å². The van der Waals surface area contributed by atoms with Crippen LogP contribution in [0.2, 0.25) is 5.02 Å². The van der Waals surface area contributed by atoms with E-state index in [1.165, 1.54) is 31.5 Å². The Morgan fingerprint density at radius 1 is 1.17 bits per heavy atom. The first-order chi connectivity index (χ1) is 13.8. The van der Waals surface area contributed by atoms with Crippen LogP contribution in [-0.2, 0) is 4.79 Å². The predicted octanol–water partition coefficient (Wildman–Crippen LogP) is 4.39. The molecule has 5 heteroatoms. The lowest BCUT2D eigenvalue weighted by molar-refractivity contribution is -0.138. The molecule has 0 aromatic heterocycles. The summed E-state index contributed by atoms with van der Waals surface area (Å²) in [5, 5.41) is 4.35. The summed E-state index contributed by atoms with van der Waals surface area (Å²) in [7, 11) is 0. The van der Waals surface area contributed by atoms with Gasteiger partial charge >= 0.3 is 0 Å². The fourth-order valence-corrected chi connectivity index (χ4v) is 5.17. The van der Waals surface area contributed by atoms with Gasteiger partial charge in [-0.05, 0) is 67.3 Å². The summed E-state index contributed by atoms with van der Waals surface area (Å²) in [5.74, 6) is 1.01. The van der Waals surface area contributed by atoms with Crippen LogP contribution in [0.15, 0.2) is 24.3 Å². The number of halogens is 1. The van der Waals surface area contributed by atoms with Crippen LogP contribution in [0.25, 0.3) is 0 Å². The fourth-order valence-electron chi connectivity index (χ4n) is 5.05. The number of benzene rings is 1. The average Bonchev–Trinajstić information content (AvgIpc) is 3.18. The van der Waals surface area contributed by atoms with E-state index in [9.17, 15) is 4.79 Å². The lowest BCUT2D eigenvalue weighted by Crippen LogP contribution is -2.55. The molecule has 0 spiro atoms. The van der Waals surface area contributed by atoms with Crippen LogP contribution in [0.4, 0.5) is 0 Å². The summed E-state index contributed by atoms with van der Waals surface area (Å²) in [6, 6.07) is 8.14. The molecular weight excluding hydrogens is 382 g/mol. The highest BCUT2D eigenvalue weighted by atomic mass is 35.5. The zero-order valence-corrected chi connectivity index (χ0v) is 19.3. The molecule has 29 heavy (non-hydrogen) atoms. The van der Waals surface area contributed by atoms with E-state index in [1.807, 2.05) is 12.1 Å². The van der Waals surface area contributed by atoms with Crippen LogP contribution in [0.1, 0.15) is 58.4 Å². The molecule has 0 saturated carbocycles. The Kier molecular flexibility index (Phi) is 7.63. The number of nitrogens with one attached hydrogen (secondary N) is 1. The normalized spacial score (nSPS) is 23.5. The van der Waals surface area contributed by atoms with Crippen LogP contribution >= 0.6 is 11.6 Å². The Labute approximate surface area is 182 Å². The number of carbonyl (C=O) groups is 1. The Morgan fingerprint density at radius 3 is 2.41 bits per heavy atom. The predicted molar refractivity (Wildman–Crippen MR) is 121 cm³/mol. The topological polar surface area (TPSA) is 35.6 Å². The van der Waals surface area contributed by atoms with Gasteiger partial charge in [0, 0.05) is 31.2 Å². The summed E-state index contributed by atoms with van der Waals surface area (Å²) in [4.78, 5) is 18.0. The van der Waals surface area contributed by atoms with Crippen LogP contribution in [0, 0.1) is 11.3 Å². The Hall–Kier alpha value is -1.10. The second-order valence-electron chi connectivity index (χ2n) is 9.87. The molecular formula is C24H38ClN3O. The maximum Gasteiger partial charge on any atom is 0.239 e. The van der Waals surface area contributed by atoms with E-state index >= 15 is 0 Å². The fraction of sp³-hybridized carbons (Fsp3) is 0.708. The highest BCUT2D eigenvalue weighted by molar-refractivity contribution is 6.30. The van der Waals surface area contributed by atoms with E-state index in [4.69, 9.17) is 11.6 Å². The highest BCUT2D eigenvalue weighted by Gasteiger charge is 2.40. The van der Waals surface area contributed by atoms with Crippen molar-refractivity contribution in [1.82, 2.24) is 15.1 Å². The minimum Gasteiger partial charge on any atom is -0.341 e. The molecule has 1 amide bonds. The Morgan fingerprint density at radius 2 is 1.83 bits per heavy atom. The van der Waals surface area contributed by atoms with Gasteiger partial charge in [-0.1, -0.05) is 51.4 Å². The molecule has 1 unspecified atom stereocenters. The summed E-state index contributed by atoms with van der Waals surface area (Å²) in [6.07, 6.45) is 3.62. The highest BCUT2D eigenvalue weighted by Crippen LogP contribution is 2.42. The van der Waals surface area contributed by atoms with E-state index in [1.54, 1.807) is 0 Å². The van der Waals surface area contributed by atoms with Gasteiger partial charge in [0.25, 0.3) is 0 Å². The lowest BCUT2D eigenvalue weighted by atomic mass is 9.70. The molecule has 2 aliphatic heterocycles. The number of rotatable bonds is 7. The van der Waals surface area contributed by atoms with E-state index in [2.05, 4.69) is 54.9 Å². The zero-order valence-electron chi connectivity index (χ0n) is 18.6. The van der Waals surface area contributed by atoms with Crippen LogP contribution in [0.5, 0.6) is 0 Å². The van der Waals surface area contributed by atoms with E-state index in [-0.39, 0.29) is 23.3 Å². The average molecular weight is 420 g/mol. The molecule has 2 fully saturated rings. The third kappa shape index (κ3) is 5.74. The van der Waals surface area contributed by atoms with Gasteiger partial charge < -0.3 is 15.1 Å². The number of hydrogen-bond acceptors (Lipinski definition) is 3. The third-order valence-corrected chi connectivity index (χ3v) is 6.99. The third-order valence-electron chi connectivity index (χ3n) is 6.74. The number of nitrogens with zero attached hydrogens (tertiary/aromatic N) is 2. The molecule has 2 saturated heterocycles. The maximum atomic E-state index is 13.4. The number of amides is 1. The van der Waals surface area contributed by atoms with E-state index < -0.39 is 0 Å².